The Morgan fingerprint density at radius 1 is 1.11 bits per heavy atom. The molecule has 0 N–H and O–H groups in total. The molecule has 0 saturated heterocycles. The van der Waals surface area contributed by atoms with Gasteiger partial charge in [-0.1, -0.05) is 52.3 Å². The van der Waals surface area contributed by atoms with Gasteiger partial charge in [-0.05, 0) is 35.7 Å². The first-order valence-corrected chi connectivity index (χ1v) is 6.65. The van der Waals surface area contributed by atoms with Crippen LogP contribution < -0.4 is 4.74 Å². The quantitative estimate of drug-likeness (QED) is 0.724. The van der Waals surface area contributed by atoms with Gasteiger partial charge in [-0.3, -0.25) is 0 Å². The average Bonchev–Trinajstić information content (AvgIpc) is 2.39. The van der Waals surface area contributed by atoms with Crippen molar-refractivity contribution in [2.75, 3.05) is 0 Å². The van der Waals surface area contributed by atoms with Crippen LogP contribution in [-0.2, 0) is 13.0 Å². The van der Waals surface area contributed by atoms with Crippen molar-refractivity contribution in [1.29, 1.82) is 0 Å². The van der Waals surface area contributed by atoms with Crippen molar-refractivity contribution in [1.82, 2.24) is 0 Å². The summed E-state index contributed by atoms with van der Waals surface area (Å²) in [6, 6.07) is 16.2. The second kappa shape index (κ2) is 6.41. The van der Waals surface area contributed by atoms with E-state index in [1.807, 2.05) is 36.4 Å². The van der Waals surface area contributed by atoms with Crippen LogP contribution in [0.1, 0.15) is 11.1 Å². The van der Waals surface area contributed by atoms with Gasteiger partial charge in [0, 0.05) is 4.47 Å². The smallest absolute Gasteiger partial charge is 0.123 e. The summed E-state index contributed by atoms with van der Waals surface area (Å²) in [6.45, 7) is 4.36. The maximum Gasteiger partial charge on any atom is 0.123 e. The van der Waals surface area contributed by atoms with E-state index in [0.717, 1.165) is 22.2 Å². The minimum absolute atomic E-state index is 0.590. The van der Waals surface area contributed by atoms with Crippen LogP contribution in [0.25, 0.3) is 0 Å². The molecule has 0 aromatic heterocycles. The number of halogens is 1. The van der Waals surface area contributed by atoms with Crippen molar-refractivity contribution in [2.24, 2.45) is 0 Å². The Morgan fingerprint density at radius 3 is 2.61 bits per heavy atom. The zero-order chi connectivity index (χ0) is 12.8. The Hall–Kier alpha value is -1.54. The maximum absolute atomic E-state index is 5.86. The zero-order valence-corrected chi connectivity index (χ0v) is 11.7. The van der Waals surface area contributed by atoms with Crippen molar-refractivity contribution >= 4 is 15.9 Å². The molecule has 2 rings (SSSR count). The summed E-state index contributed by atoms with van der Waals surface area (Å²) in [5.41, 5.74) is 2.32. The Labute approximate surface area is 116 Å². The molecule has 0 atom stereocenters. The molecule has 0 aliphatic heterocycles. The number of benzene rings is 2. The van der Waals surface area contributed by atoms with Gasteiger partial charge in [-0.2, -0.15) is 0 Å². The lowest BCUT2D eigenvalue weighted by molar-refractivity contribution is 0.303. The van der Waals surface area contributed by atoms with Gasteiger partial charge >= 0.3 is 0 Å². The second-order valence-electron chi connectivity index (χ2n) is 4.02. The summed E-state index contributed by atoms with van der Waals surface area (Å²) in [6.07, 6.45) is 2.70. The van der Waals surface area contributed by atoms with E-state index in [-0.39, 0.29) is 0 Å². The second-order valence-corrected chi connectivity index (χ2v) is 4.93. The Bertz CT molecular complexity index is 520. The van der Waals surface area contributed by atoms with E-state index < -0.39 is 0 Å². The van der Waals surface area contributed by atoms with Crippen molar-refractivity contribution in [3.8, 4) is 5.75 Å². The Kier molecular flexibility index (Phi) is 4.59. The van der Waals surface area contributed by atoms with Gasteiger partial charge in [0.2, 0.25) is 0 Å². The van der Waals surface area contributed by atoms with Crippen LogP contribution in [0.4, 0.5) is 0 Å². The van der Waals surface area contributed by atoms with Gasteiger partial charge in [0.1, 0.15) is 12.4 Å². The molecule has 0 aliphatic carbocycles. The highest BCUT2D eigenvalue weighted by Gasteiger charge is 2.03. The van der Waals surface area contributed by atoms with Crippen molar-refractivity contribution < 1.29 is 4.74 Å². The molecule has 0 amide bonds. The van der Waals surface area contributed by atoms with E-state index in [1.54, 1.807) is 0 Å². The van der Waals surface area contributed by atoms with E-state index >= 15 is 0 Å². The number of hydrogen-bond donors (Lipinski definition) is 0. The minimum Gasteiger partial charge on any atom is -0.489 e. The summed E-state index contributed by atoms with van der Waals surface area (Å²) in [4.78, 5) is 0. The molecule has 0 bridgehead atoms. The number of ether oxygens (including phenoxy) is 1. The highest BCUT2D eigenvalue weighted by Crippen LogP contribution is 2.24. The zero-order valence-electron chi connectivity index (χ0n) is 10.1. The number of hydrogen-bond acceptors (Lipinski definition) is 1. The van der Waals surface area contributed by atoms with Crippen LogP contribution in [0.15, 0.2) is 65.7 Å². The molecule has 2 aromatic carbocycles. The molecule has 0 aliphatic rings. The molecule has 18 heavy (non-hydrogen) atoms. The molecule has 0 radical (unpaired) electrons. The number of rotatable bonds is 5. The highest BCUT2D eigenvalue weighted by atomic mass is 79.9. The molecule has 2 heteroatoms. The average molecular weight is 303 g/mol. The van der Waals surface area contributed by atoms with Gasteiger partial charge in [0.05, 0.1) is 0 Å². The van der Waals surface area contributed by atoms with Crippen LogP contribution in [0.2, 0.25) is 0 Å². The molecule has 0 spiro atoms. The summed E-state index contributed by atoms with van der Waals surface area (Å²) in [5.74, 6) is 0.918. The van der Waals surface area contributed by atoms with Gasteiger partial charge in [0.25, 0.3) is 0 Å². The SMILES string of the molecule is C=CCc1cc(Br)ccc1OCc1ccccc1. The molecule has 0 saturated carbocycles. The lowest BCUT2D eigenvalue weighted by atomic mass is 10.1. The first kappa shape index (κ1) is 12.9. The maximum atomic E-state index is 5.86. The summed E-state index contributed by atoms with van der Waals surface area (Å²) < 4.78 is 6.92. The molecular weight excluding hydrogens is 288 g/mol. The van der Waals surface area contributed by atoms with Crippen molar-refractivity contribution in [2.45, 2.75) is 13.0 Å². The largest absolute Gasteiger partial charge is 0.489 e. The van der Waals surface area contributed by atoms with Crippen LogP contribution in [0.3, 0.4) is 0 Å². The monoisotopic (exact) mass is 302 g/mol. The van der Waals surface area contributed by atoms with Crippen LogP contribution in [0.5, 0.6) is 5.75 Å². The third kappa shape index (κ3) is 3.47. The lowest BCUT2D eigenvalue weighted by Crippen LogP contribution is -1.98. The molecule has 92 valence electrons. The fraction of sp³-hybridized carbons (Fsp3) is 0.125. The number of allylic oxidation sites excluding steroid dienone is 1. The highest BCUT2D eigenvalue weighted by molar-refractivity contribution is 9.10. The first-order chi connectivity index (χ1) is 8.79. The molecular formula is C16H15BrO. The van der Waals surface area contributed by atoms with E-state index in [1.165, 1.54) is 5.56 Å². The summed E-state index contributed by atoms with van der Waals surface area (Å²) in [5, 5.41) is 0. The first-order valence-electron chi connectivity index (χ1n) is 5.85. The molecule has 1 nitrogen and oxygen atoms in total. The molecule has 0 heterocycles. The normalized spacial score (nSPS) is 10.1. The predicted octanol–water partition coefficient (Wildman–Crippen LogP) is 4.76. The van der Waals surface area contributed by atoms with E-state index in [4.69, 9.17) is 4.74 Å². The predicted molar refractivity (Wildman–Crippen MR) is 78.8 cm³/mol. The standard InChI is InChI=1S/C16H15BrO/c1-2-6-14-11-15(17)9-10-16(14)18-12-13-7-4-3-5-8-13/h2-5,7-11H,1,6,12H2. The van der Waals surface area contributed by atoms with Crippen LogP contribution in [-0.4, -0.2) is 0 Å². The third-order valence-electron chi connectivity index (χ3n) is 2.62. The molecule has 0 fully saturated rings. The van der Waals surface area contributed by atoms with Gasteiger partial charge in [-0.15, -0.1) is 6.58 Å². The van der Waals surface area contributed by atoms with E-state index in [9.17, 15) is 0 Å². The van der Waals surface area contributed by atoms with E-state index in [2.05, 4.69) is 40.7 Å². The summed E-state index contributed by atoms with van der Waals surface area (Å²) in [7, 11) is 0. The van der Waals surface area contributed by atoms with E-state index in [0.29, 0.717) is 6.61 Å². The molecule has 2 aromatic rings. The topological polar surface area (TPSA) is 9.23 Å². The van der Waals surface area contributed by atoms with Gasteiger partial charge in [-0.25, -0.2) is 0 Å². The van der Waals surface area contributed by atoms with Gasteiger partial charge < -0.3 is 4.74 Å². The Balaban J connectivity index is 2.11. The van der Waals surface area contributed by atoms with Crippen molar-refractivity contribution in [3.63, 3.8) is 0 Å². The third-order valence-corrected chi connectivity index (χ3v) is 3.12. The fourth-order valence-corrected chi connectivity index (χ4v) is 2.15. The fourth-order valence-electron chi connectivity index (χ4n) is 1.74. The summed E-state index contributed by atoms with van der Waals surface area (Å²) >= 11 is 3.47. The van der Waals surface area contributed by atoms with Crippen LogP contribution in [0, 0.1) is 0 Å². The minimum atomic E-state index is 0.590. The van der Waals surface area contributed by atoms with Crippen LogP contribution >= 0.6 is 15.9 Å². The lowest BCUT2D eigenvalue weighted by Gasteiger charge is -2.11. The Morgan fingerprint density at radius 2 is 1.89 bits per heavy atom. The van der Waals surface area contributed by atoms with Crippen molar-refractivity contribution in [3.05, 3.63) is 76.8 Å². The molecule has 0 unspecified atom stereocenters. The van der Waals surface area contributed by atoms with Gasteiger partial charge in [0.15, 0.2) is 0 Å².